The number of piperazine rings is 1. The largest absolute Gasteiger partial charge is 0.364 e. The lowest BCUT2D eigenvalue weighted by molar-refractivity contribution is -0.465. The van der Waals surface area contributed by atoms with Crippen molar-refractivity contribution < 1.29 is 18.5 Å². The molecule has 1 saturated carbocycles. The number of carbonyl (C=O) groups is 1. The van der Waals surface area contributed by atoms with Gasteiger partial charge >= 0.3 is 0 Å². The summed E-state index contributed by atoms with van der Waals surface area (Å²) in [5.41, 5.74) is -1.54. The monoisotopic (exact) mass is 392 g/mol. The molecule has 2 heterocycles. The quantitative estimate of drug-likeness (QED) is 0.470. The van der Waals surface area contributed by atoms with Crippen molar-refractivity contribution in [3.63, 3.8) is 0 Å². The molecule has 1 aliphatic heterocycles. The molecule has 10 heteroatoms. The zero-order valence-electron chi connectivity index (χ0n) is 14.9. The Morgan fingerprint density at radius 3 is 2.57 bits per heavy atom. The lowest BCUT2D eigenvalue weighted by Gasteiger charge is -2.30. The summed E-state index contributed by atoms with van der Waals surface area (Å²) in [6, 6.07) is 0.820. The smallest absolute Gasteiger partial charge is 0.266 e. The van der Waals surface area contributed by atoms with Gasteiger partial charge in [0, 0.05) is 43.3 Å². The first-order valence-corrected chi connectivity index (χ1v) is 9.06. The predicted octanol–water partition coefficient (Wildman–Crippen LogP) is 1.48. The Labute approximate surface area is 157 Å². The fourth-order valence-corrected chi connectivity index (χ4v) is 3.65. The van der Waals surface area contributed by atoms with Gasteiger partial charge in [-0.3, -0.25) is 19.7 Å². The summed E-state index contributed by atoms with van der Waals surface area (Å²) in [5, 5.41) is 13.5. The number of fused-ring (bicyclic) bond motifs is 1. The molecule has 1 aromatic heterocycles. The lowest BCUT2D eigenvalue weighted by Crippen LogP contribution is -2.44. The minimum absolute atomic E-state index is 0.0555. The third-order valence-corrected chi connectivity index (χ3v) is 5.13. The van der Waals surface area contributed by atoms with Crippen molar-refractivity contribution in [2.24, 2.45) is 0 Å². The average Bonchev–Trinajstić information content (AvgIpc) is 3.48. The van der Waals surface area contributed by atoms with E-state index in [1.807, 2.05) is 0 Å². The summed E-state index contributed by atoms with van der Waals surface area (Å²) in [5.74, 6) is -2.70. The van der Waals surface area contributed by atoms with Crippen LogP contribution in [0.1, 0.15) is 29.2 Å². The minimum Gasteiger partial charge on any atom is -0.364 e. The molecule has 0 unspecified atom stereocenters. The molecular formula is C18H18F2N4O4. The number of benzene rings is 1. The Kier molecular flexibility index (Phi) is 4.58. The number of rotatable bonds is 5. The van der Waals surface area contributed by atoms with Crippen LogP contribution in [0.2, 0.25) is 0 Å². The second-order valence-electron chi connectivity index (χ2n) is 7.08. The van der Waals surface area contributed by atoms with Crippen molar-refractivity contribution in [3.05, 3.63) is 49.8 Å². The highest BCUT2D eigenvalue weighted by Crippen LogP contribution is 2.39. The van der Waals surface area contributed by atoms with Crippen LogP contribution in [0.25, 0.3) is 10.9 Å². The number of ketones is 1. The number of Topliss-reactive ketones (excluding diaryl/α,β-unsaturated/α-hetero) is 1. The first-order chi connectivity index (χ1) is 13.4. The molecule has 1 N–H and O–H groups in total. The van der Waals surface area contributed by atoms with Crippen molar-refractivity contribution >= 4 is 22.4 Å². The van der Waals surface area contributed by atoms with Gasteiger partial charge in [-0.2, -0.15) is 0 Å². The van der Waals surface area contributed by atoms with E-state index in [1.54, 1.807) is 4.90 Å². The second kappa shape index (κ2) is 6.93. The normalized spacial score (nSPS) is 17.1. The Morgan fingerprint density at radius 1 is 1.29 bits per heavy atom. The molecule has 28 heavy (non-hydrogen) atoms. The van der Waals surface area contributed by atoms with Crippen molar-refractivity contribution in [3.8, 4) is 0 Å². The van der Waals surface area contributed by atoms with Crippen molar-refractivity contribution in [2.75, 3.05) is 37.6 Å². The third-order valence-electron chi connectivity index (χ3n) is 5.13. The molecule has 4 rings (SSSR count). The number of halogens is 2. The van der Waals surface area contributed by atoms with Crippen molar-refractivity contribution in [1.82, 2.24) is 9.88 Å². The van der Waals surface area contributed by atoms with E-state index in [9.17, 15) is 24.1 Å². The van der Waals surface area contributed by atoms with Crippen LogP contribution in [0.4, 0.5) is 14.5 Å². The highest BCUT2D eigenvalue weighted by Gasteiger charge is 2.31. The number of nitrogens with one attached hydrogen (secondary N) is 1. The van der Waals surface area contributed by atoms with E-state index >= 15 is 4.39 Å². The Hall–Kier alpha value is -2.88. The van der Waals surface area contributed by atoms with E-state index < -0.39 is 39.9 Å². The number of carbonyl (C=O) groups excluding carboxylic acids is 1. The zero-order valence-corrected chi connectivity index (χ0v) is 14.9. The summed E-state index contributed by atoms with van der Waals surface area (Å²) in [7, 11) is 0. The van der Waals surface area contributed by atoms with Gasteiger partial charge in [-0.15, -0.1) is 0 Å². The molecule has 0 amide bonds. The van der Waals surface area contributed by atoms with E-state index in [2.05, 4.69) is 5.32 Å². The fourth-order valence-electron chi connectivity index (χ4n) is 3.65. The van der Waals surface area contributed by atoms with Crippen LogP contribution in [-0.2, 0) is 0 Å². The molecule has 0 atom stereocenters. The standard InChI is InChI=1S/C18H18F2N4O4/c19-13-7-11-16(15(20)17(13)22-5-3-21-4-6-22)23(10-1-2-10)8-12(18(11)26)14(25)9-24(27)28/h7-8,10,21H,1-6,9H2. The molecule has 0 spiro atoms. The molecule has 2 fully saturated rings. The minimum atomic E-state index is -1.05. The summed E-state index contributed by atoms with van der Waals surface area (Å²) in [6.07, 6.45) is 2.64. The van der Waals surface area contributed by atoms with Crippen LogP contribution in [-0.4, -0.2) is 48.0 Å². The van der Waals surface area contributed by atoms with Crippen LogP contribution in [0.3, 0.4) is 0 Å². The van der Waals surface area contributed by atoms with Crippen LogP contribution in [0, 0.1) is 21.7 Å². The molecule has 2 aliphatic rings. The molecule has 1 saturated heterocycles. The first-order valence-electron chi connectivity index (χ1n) is 9.06. The predicted molar refractivity (Wildman–Crippen MR) is 97.7 cm³/mol. The summed E-state index contributed by atoms with van der Waals surface area (Å²) >= 11 is 0. The van der Waals surface area contributed by atoms with Gasteiger partial charge in [-0.25, -0.2) is 8.78 Å². The Balaban J connectivity index is 1.95. The molecule has 0 radical (unpaired) electrons. The van der Waals surface area contributed by atoms with Gasteiger partial charge in [-0.1, -0.05) is 0 Å². The highest BCUT2D eigenvalue weighted by atomic mass is 19.1. The van der Waals surface area contributed by atoms with Crippen molar-refractivity contribution in [1.29, 1.82) is 0 Å². The van der Waals surface area contributed by atoms with Crippen LogP contribution < -0.4 is 15.6 Å². The molecule has 0 bridgehead atoms. The maximum absolute atomic E-state index is 15.4. The lowest BCUT2D eigenvalue weighted by atomic mass is 10.1. The van der Waals surface area contributed by atoms with E-state index in [0.717, 1.165) is 18.9 Å². The number of nitrogens with zero attached hydrogens (tertiary/aromatic N) is 3. The number of nitro groups is 1. The fraction of sp³-hybridized carbons (Fsp3) is 0.444. The Morgan fingerprint density at radius 2 is 1.96 bits per heavy atom. The molecule has 148 valence electrons. The van der Waals surface area contributed by atoms with Crippen molar-refractivity contribution in [2.45, 2.75) is 18.9 Å². The van der Waals surface area contributed by atoms with E-state index in [-0.39, 0.29) is 22.6 Å². The summed E-state index contributed by atoms with van der Waals surface area (Å²) in [6.45, 7) is 0.968. The van der Waals surface area contributed by atoms with Gasteiger partial charge in [0.25, 0.3) is 6.54 Å². The van der Waals surface area contributed by atoms with E-state index in [4.69, 9.17) is 0 Å². The maximum atomic E-state index is 15.4. The zero-order chi connectivity index (χ0) is 20.0. The van der Waals surface area contributed by atoms with Crippen LogP contribution >= 0.6 is 0 Å². The molecule has 2 aromatic rings. The van der Waals surface area contributed by atoms with E-state index in [0.29, 0.717) is 26.2 Å². The van der Waals surface area contributed by atoms with Gasteiger partial charge in [0.2, 0.25) is 11.2 Å². The SMILES string of the molecule is O=C(C[N+](=O)[O-])c1cn(C2CC2)c2c(F)c(N3CCNCC3)c(F)cc2c1=O. The Bertz CT molecular complexity index is 1040. The second-order valence-corrected chi connectivity index (χ2v) is 7.08. The topological polar surface area (TPSA) is 97.5 Å². The molecular weight excluding hydrogens is 374 g/mol. The number of anilines is 1. The third kappa shape index (κ3) is 3.13. The summed E-state index contributed by atoms with van der Waals surface area (Å²) < 4.78 is 31.7. The number of hydrogen-bond acceptors (Lipinski definition) is 6. The highest BCUT2D eigenvalue weighted by molar-refractivity contribution is 6.00. The van der Waals surface area contributed by atoms with E-state index in [1.165, 1.54) is 10.8 Å². The van der Waals surface area contributed by atoms with Gasteiger partial charge in [0.1, 0.15) is 11.5 Å². The van der Waals surface area contributed by atoms with Gasteiger partial charge in [0.05, 0.1) is 16.5 Å². The van der Waals surface area contributed by atoms with Gasteiger partial charge in [0.15, 0.2) is 5.82 Å². The van der Waals surface area contributed by atoms with Gasteiger partial charge < -0.3 is 14.8 Å². The summed E-state index contributed by atoms with van der Waals surface area (Å²) in [4.78, 5) is 36.3. The molecule has 1 aromatic carbocycles. The number of aromatic nitrogens is 1. The molecule has 1 aliphatic carbocycles. The first kappa shape index (κ1) is 18.5. The number of pyridine rings is 1. The van der Waals surface area contributed by atoms with Crippen LogP contribution in [0.15, 0.2) is 17.1 Å². The number of hydrogen-bond donors (Lipinski definition) is 1. The molecule has 8 nitrogen and oxygen atoms in total. The maximum Gasteiger partial charge on any atom is 0.266 e. The van der Waals surface area contributed by atoms with Crippen LogP contribution in [0.5, 0.6) is 0 Å². The average molecular weight is 392 g/mol. The van der Waals surface area contributed by atoms with Gasteiger partial charge in [-0.05, 0) is 18.9 Å².